The van der Waals surface area contributed by atoms with E-state index in [2.05, 4.69) is 10.6 Å². The number of ether oxygens (including phenoxy) is 1. The van der Waals surface area contributed by atoms with Crippen molar-refractivity contribution in [2.45, 2.75) is 12.8 Å². The Morgan fingerprint density at radius 2 is 1.72 bits per heavy atom. The quantitative estimate of drug-likeness (QED) is 0.864. The van der Waals surface area contributed by atoms with Gasteiger partial charge in [0.15, 0.2) is 0 Å². The van der Waals surface area contributed by atoms with Crippen LogP contribution < -0.4 is 10.6 Å². The maximum Gasteiger partial charge on any atom is 0.416 e. The van der Waals surface area contributed by atoms with Crippen molar-refractivity contribution in [1.29, 1.82) is 0 Å². The normalized spacial score (nSPS) is 10.8. The van der Waals surface area contributed by atoms with Crippen molar-refractivity contribution in [2.24, 2.45) is 0 Å². The summed E-state index contributed by atoms with van der Waals surface area (Å²) in [7, 11) is 0. The molecule has 0 atom stereocenters. The van der Waals surface area contributed by atoms with Crippen LogP contribution in [0.5, 0.6) is 0 Å². The number of alkyl halides is 3. The molecule has 0 radical (unpaired) electrons. The zero-order valence-electron chi connectivity index (χ0n) is 13.0. The summed E-state index contributed by atoms with van der Waals surface area (Å²) < 4.78 is 42.7. The van der Waals surface area contributed by atoms with E-state index in [4.69, 9.17) is 4.74 Å². The Labute approximate surface area is 141 Å². The third kappa shape index (κ3) is 6.17. The lowest BCUT2D eigenvalue weighted by atomic mass is 10.2. The topological polar surface area (TPSA) is 67.4 Å². The fourth-order valence-corrected chi connectivity index (χ4v) is 1.91. The van der Waals surface area contributed by atoms with E-state index in [0.29, 0.717) is 0 Å². The number of amides is 2. The fraction of sp³-hybridized carbons (Fsp3) is 0.176. The molecule has 0 aromatic heterocycles. The molecule has 0 bridgehead atoms. The Kier molecular flexibility index (Phi) is 5.99. The average Bonchev–Trinajstić information content (AvgIpc) is 2.58. The van der Waals surface area contributed by atoms with E-state index in [1.54, 1.807) is 24.3 Å². The Balaban J connectivity index is 1.78. The number of hydrogen-bond acceptors (Lipinski definition) is 3. The Hall–Kier alpha value is -3.03. The van der Waals surface area contributed by atoms with E-state index in [1.807, 2.05) is 6.07 Å². The molecule has 0 aliphatic heterocycles. The molecule has 2 aromatic carbocycles. The summed E-state index contributed by atoms with van der Waals surface area (Å²) in [6.07, 6.45) is -5.30. The monoisotopic (exact) mass is 352 g/mol. The van der Waals surface area contributed by atoms with Gasteiger partial charge in [-0.3, -0.25) is 4.79 Å². The van der Waals surface area contributed by atoms with Gasteiger partial charge in [0.05, 0.1) is 5.56 Å². The summed E-state index contributed by atoms with van der Waals surface area (Å²) in [6, 6.07) is 13.2. The molecule has 25 heavy (non-hydrogen) atoms. The van der Waals surface area contributed by atoms with E-state index in [9.17, 15) is 22.8 Å². The van der Waals surface area contributed by atoms with Crippen LogP contribution in [0.25, 0.3) is 0 Å². The molecular formula is C17H15F3N2O3. The van der Waals surface area contributed by atoms with E-state index >= 15 is 0 Å². The van der Waals surface area contributed by atoms with Crippen molar-refractivity contribution in [2.75, 3.05) is 11.9 Å². The maximum absolute atomic E-state index is 12.6. The van der Waals surface area contributed by atoms with E-state index in [1.165, 1.54) is 12.1 Å². The summed E-state index contributed by atoms with van der Waals surface area (Å²) in [5.74, 6) is -0.670. The van der Waals surface area contributed by atoms with Crippen LogP contribution >= 0.6 is 0 Å². The van der Waals surface area contributed by atoms with Gasteiger partial charge in [0.1, 0.15) is 13.2 Å². The molecule has 0 aliphatic carbocycles. The first-order valence-corrected chi connectivity index (χ1v) is 7.26. The zero-order valence-corrected chi connectivity index (χ0v) is 13.0. The van der Waals surface area contributed by atoms with Crippen LogP contribution in [0, 0.1) is 0 Å². The van der Waals surface area contributed by atoms with Crippen molar-refractivity contribution in [3.63, 3.8) is 0 Å². The van der Waals surface area contributed by atoms with Gasteiger partial charge in [-0.1, -0.05) is 36.4 Å². The Bertz CT molecular complexity index is 733. The van der Waals surface area contributed by atoms with E-state index in [-0.39, 0.29) is 12.3 Å². The third-order valence-electron chi connectivity index (χ3n) is 3.08. The molecule has 2 rings (SSSR count). The molecular weight excluding hydrogens is 337 g/mol. The predicted molar refractivity (Wildman–Crippen MR) is 84.7 cm³/mol. The van der Waals surface area contributed by atoms with Gasteiger partial charge in [-0.15, -0.1) is 0 Å². The number of rotatable bonds is 5. The molecule has 0 saturated carbocycles. The minimum atomic E-state index is -4.50. The van der Waals surface area contributed by atoms with Gasteiger partial charge in [0, 0.05) is 5.69 Å². The van der Waals surface area contributed by atoms with Crippen molar-refractivity contribution in [3.05, 3.63) is 65.7 Å². The van der Waals surface area contributed by atoms with Crippen molar-refractivity contribution >= 4 is 17.7 Å². The molecule has 132 valence electrons. The lowest BCUT2D eigenvalue weighted by molar-refractivity contribution is -0.137. The lowest BCUT2D eigenvalue weighted by Crippen LogP contribution is -2.33. The fourth-order valence-electron chi connectivity index (χ4n) is 1.91. The minimum absolute atomic E-state index is 0.0146. The van der Waals surface area contributed by atoms with Crippen molar-refractivity contribution < 1.29 is 27.5 Å². The SMILES string of the molecule is O=C(CNC(=O)OCc1ccccc1)Nc1cccc(C(F)(F)F)c1. The van der Waals surface area contributed by atoms with Crippen LogP contribution in [0.3, 0.4) is 0 Å². The second kappa shape index (κ2) is 8.18. The van der Waals surface area contributed by atoms with Crippen LogP contribution in [0.15, 0.2) is 54.6 Å². The number of carbonyl (C=O) groups excluding carboxylic acids is 2. The third-order valence-corrected chi connectivity index (χ3v) is 3.08. The molecule has 5 nitrogen and oxygen atoms in total. The number of benzene rings is 2. The van der Waals surface area contributed by atoms with Crippen LogP contribution in [-0.2, 0) is 22.3 Å². The number of nitrogens with one attached hydrogen (secondary N) is 2. The van der Waals surface area contributed by atoms with Crippen molar-refractivity contribution in [3.8, 4) is 0 Å². The number of alkyl carbamates (subject to hydrolysis) is 1. The van der Waals surface area contributed by atoms with Gasteiger partial charge in [-0.05, 0) is 23.8 Å². The smallest absolute Gasteiger partial charge is 0.416 e. The lowest BCUT2D eigenvalue weighted by Gasteiger charge is -2.10. The molecule has 0 fully saturated rings. The van der Waals surface area contributed by atoms with Gasteiger partial charge in [-0.25, -0.2) is 4.79 Å². The molecule has 0 aliphatic rings. The van der Waals surface area contributed by atoms with Gasteiger partial charge >= 0.3 is 12.3 Å². The van der Waals surface area contributed by atoms with E-state index < -0.39 is 30.3 Å². The van der Waals surface area contributed by atoms with Gasteiger partial charge in [-0.2, -0.15) is 13.2 Å². The summed E-state index contributed by atoms with van der Waals surface area (Å²) in [5, 5.41) is 4.50. The van der Waals surface area contributed by atoms with Crippen LogP contribution in [0.1, 0.15) is 11.1 Å². The van der Waals surface area contributed by atoms with Crippen LogP contribution in [-0.4, -0.2) is 18.5 Å². The number of hydrogen-bond donors (Lipinski definition) is 2. The van der Waals surface area contributed by atoms with Crippen LogP contribution in [0.2, 0.25) is 0 Å². The number of carbonyl (C=O) groups is 2. The second-order valence-corrected chi connectivity index (χ2v) is 5.04. The highest BCUT2D eigenvalue weighted by Crippen LogP contribution is 2.30. The Morgan fingerprint density at radius 3 is 2.40 bits per heavy atom. The second-order valence-electron chi connectivity index (χ2n) is 5.04. The van der Waals surface area contributed by atoms with Crippen LogP contribution in [0.4, 0.5) is 23.7 Å². The highest BCUT2D eigenvalue weighted by atomic mass is 19.4. The standard InChI is InChI=1S/C17H15F3N2O3/c18-17(19,20)13-7-4-8-14(9-13)22-15(23)10-21-16(24)25-11-12-5-2-1-3-6-12/h1-9H,10-11H2,(H,21,24)(H,22,23). The Morgan fingerprint density at radius 1 is 1.00 bits per heavy atom. The summed E-state index contributed by atoms with van der Waals surface area (Å²) >= 11 is 0. The summed E-state index contributed by atoms with van der Waals surface area (Å²) in [5.41, 5.74) is -0.106. The molecule has 0 unspecified atom stereocenters. The summed E-state index contributed by atoms with van der Waals surface area (Å²) in [6.45, 7) is -0.383. The number of anilines is 1. The van der Waals surface area contributed by atoms with Gasteiger partial charge in [0.25, 0.3) is 0 Å². The first kappa shape index (κ1) is 18.3. The molecule has 2 aromatic rings. The molecule has 0 spiro atoms. The maximum atomic E-state index is 12.6. The van der Waals surface area contributed by atoms with Crippen molar-refractivity contribution in [1.82, 2.24) is 5.32 Å². The van der Waals surface area contributed by atoms with Gasteiger partial charge < -0.3 is 15.4 Å². The van der Waals surface area contributed by atoms with E-state index in [0.717, 1.165) is 17.7 Å². The molecule has 2 N–H and O–H groups in total. The molecule has 0 saturated heterocycles. The first-order valence-electron chi connectivity index (χ1n) is 7.26. The highest BCUT2D eigenvalue weighted by Gasteiger charge is 2.30. The molecule has 0 heterocycles. The number of halogens is 3. The first-order chi connectivity index (χ1) is 11.8. The predicted octanol–water partition coefficient (Wildman–Crippen LogP) is 3.57. The minimum Gasteiger partial charge on any atom is -0.445 e. The largest absolute Gasteiger partial charge is 0.445 e. The molecule has 2 amide bonds. The zero-order chi connectivity index (χ0) is 18.3. The van der Waals surface area contributed by atoms with Gasteiger partial charge in [0.2, 0.25) is 5.91 Å². The summed E-state index contributed by atoms with van der Waals surface area (Å²) in [4.78, 5) is 23.2. The average molecular weight is 352 g/mol. The molecule has 8 heteroatoms. The highest BCUT2D eigenvalue weighted by molar-refractivity contribution is 5.93.